The van der Waals surface area contributed by atoms with E-state index in [-0.39, 0.29) is 6.42 Å². The summed E-state index contributed by atoms with van der Waals surface area (Å²) < 4.78 is 5.05. The van der Waals surface area contributed by atoms with E-state index in [1.54, 1.807) is 12.5 Å². The van der Waals surface area contributed by atoms with Gasteiger partial charge in [-0.2, -0.15) is 0 Å². The topological polar surface area (TPSA) is 53.7 Å². The van der Waals surface area contributed by atoms with E-state index in [1.807, 2.05) is 42.2 Å². The monoisotopic (exact) mass is 259 g/mol. The Bertz CT molecular complexity index is 517. The molecule has 0 aliphatic carbocycles. The Morgan fingerprint density at radius 1 is 1.26 bits per heavy atom. The molecule has 0 fully saturated rings. The van der Waals surface area contributed by atoms with Crippen molar-refractivity contribution in [3.8, 4) is 0 Å². The molecule has 2 aromatic rings. The summed E-state index contributed by atoms with van der Waals surface area (Å²) >= 11 is 0. The summed E-state index contributed by atoms with van der Waals surface area (Å²) in [4.78, 5) is 12.8. The van der Waals surface area contributed by atoms with E-state index in [4.69, 9.17) is 9.52 Å². The first-order valence-electron chi connectivity index (χ1n) is 6.19. The van der Waals surface area contributed by atoms with Gasteiger partial charge in [0.05, 0.1) is 18.9 Å². The average molecular weight is 259 g/mol. The van der Waals surface area contributed by atoms with Crippen molar-refractivity contribution in [3.63, 3.8) is 0 Å². The van der Waals surface area contributed by atoms with Crippen LogP contribution in [0, 0.1) is 6.92 Å². The molecule has 0 amide bonds. The van der Waals surface area contributed by atoms with Gasteiger partial charge in [0.15, 0.2) is 0 Å². The minimum Gasteiger partial charge on any atom is -0.481 e. The lowest BCUT2D eigenvalue weighted by Gasteiger charge is -2.23. The molecule has 0 bridgehead atoms. The molecule has 100 valence electrons. The van der Waals surface area contributed by atoms with Gasteiger partial charge in [-0.1, -0.05) is 17.7 Å². The van der Waals surface area contributed by atoms with Crippen LogP contribution in [0.3, 0.4) is 0 Å². The number of carboxylic acid groups (broad SMARTS) is 1. The molecule has 0 saturated carbocycles. The van der Waals surface area contributed by atoms with Crippen LogP contribution in [0.15, 0.2) is 47.3 Å². The molecule has 4 heteroatoms. The summed E-state index contributed by atoms with van der Waals surface area (Å²) in [5.74, 6) is -0.788. The minimum atomic E-state index is -0.788. The van der Waals surface area contributed by atoms with Gasteiger partial charge in [-0.05, 0) is 25.1 Å². The Balaban J connectivity index is 2.13. The number of benzene rings is 1. The van der Waals surface area contributed by atoms with E-state index in [0.717, 1.165) is 11.3 Å². The van der Waals surface area contributed by atoms with E-state index in [9.17, 15) is 4.79 Å². The molecule has 0 saturated heterocycles. The molecule has 1 N–H and O–H groups in total. The Kier molecular flexibility index (Phi) is 4.23. The molecule has 1 aromatic heterocycles. The fourth-order valence-corrected chi connectivity index (χ4v) is 1.89. The van der Waals surface area contributed by atoms with Crippen LogP contribution in [0.2, 0.25) is 0 Å². The third-order valence-corrected chi connectivity index (χ3v) is 2.95. The van der Waals surface area contributed by atoms with Crippen LogP contribution in [0.25, 0.3) is 0 Å². The molecule has 0 unspecified atom stereocenters. The second-order valence-electron chi connectivity index (χ2n) is 4.53. The van der Waals surface area contributed by atoms with Gasteiger partial charge in [0, 0.05) is 24.3 Å². The summed E-state index contributed by atoms with van der Waals surface area (Å²) in [5, 5.41) is 8.83. The van der Waals surface area contributed by atoms with Crippen molar-refractivity contribution in [2.45, 2.75) is 19.9 Å². The van der Waals surface area contributed by atoms with Crippen LogP contribution in [0.4, 0.5) is 5.69 Å². The maximum atomic E-state index is 10.7. The van der Waals surface area contributed by atoms with E-state index in [0.29, 0.717) is 13.1 Å². The fraction of sp³-hybridized carbons (Fsp3) is 0.267. The molecule has 0 atom stereocenters. The molecule has 0 radical (unpaired) electrons. The van der Waals surface area contributed by atoms with E-state index >= 15 is 0 Å². The molecule has 0 aliphatic heterocycles. The highest BCUT2D eigenvalue weighted by Gasteiger charge is 2.10. The summed E-state index contributed by atoms with van der Waals surface area (Å²) in [7, 11) is 0. The zero-order valence-corrected chi connectivity index (χ0v) is 10.9. The Morgan fingerprint density at radius 3 is 2.58 bits per heavy atom. The van der Waals surface area contributed by atoms with Crippen LogP contribution in [0.1, 0.15) is 17.5 Å². The second-order valence-corrected chi connectivity index (χ2v) is 4.53. The molecule has 2 rings (SSSR count). The van der Waals surface area contributed by atoms with Crippen molar-refractivity contribution in [2.24, 2.45) is 0 Å². The van der Waals surface area contributed by atoms with Crippen LogP contribution >= 0.6 is 0 Å². The van der Waals surface area contributed by atoms with Crippen molar-refractivity contribution in [1.29, 1.82) is 0 Å². The number of rotatable bonds is 6. The first-order chi connectivity index (χ1) is 9.15. The van der Waals surface area contributed by atoms with Crippen molar-refractivity contribution in [2.75, 3.05) is 11.4 Å². The smallest absolute Gasteiger partial charge is 0.305 e. The lowest BCUT2D eigenvalue weighted by molar-refractivity contribution is -0.136. The Morgan fingerprint density at radius 2 is 2.00 bits per heavy atom. The van der Waals surface area contributed by atoms with E-state index in [2.05, 4.69) is 0 Å². The van der Waals surface area contributed by atoms with Gasteiger partial charge < -0.3 is 14.4 Å². The molecule has 1 aromatic carbocycles. The first-order valence-corrected chi connectivity index (χ1v) is 6.19. The Labute approximate surface area is 112 Å². The van der Waals surface area contributed by atoms with Crippen LogP contribution in [-0.2, 0) is 11.3 Å². The lowest BCUT2D eigenvalue weighted by Crippen LogP contribution is -2.25. The highest BCUT2D eigenvalue weighted by molar-refractivity contribution is 5.67. The molecule has 19 heavy (non-hydrogen) atoms. The average Bonchev–Trinajstić information content (AvgIpc) is 2.88. The van der Waals surface area contributed by atoms with Crippen molar-refractivity contribution >= 4 is 11.7 Å². The highest BCUT2D eigenvalue weighted by atomic mass is 16.4. The third kappa shape index (κ3) is 3.88. The van der Waals surface area contributed by atoms with E-state index < -0.39 is 5.97 Å². The third-order valence-electron chi connectivity index (χ3n) is 2.95. The van der Waals surface area contributed by atoms with Gasteiger partial charge >= 0.3 is 5.97 Å². The quantitative estimate of drug-likeness (QED) is 0.866. The Hall–Kier alpha value is -2.23. The lowest BCUT2D eigenvalue weighted by atomic mass is 10.2. The maximum Gasteiger partial charge on any atom is 0.305 e. The van der Waals surface area contributed by atoms with Crippen LogP contribution in [-0.4, -0.2) is 17.6 Å². The number of carbonyl (C=O) groups is 1. The molecular formula is C15H17NO3. The summed E-state index contributed by atoms with van der Waals surface area (Å²) in [6.45, 7) is 3.15. The summed E-state index contributed by atoms with van der Waals surface area (Å²) in [5.41, 5.74) is 3.24. The number of furan rings is 1. The molecular weight excluding hydrogens is 242 g/mol. The van der Waals surface area contributed by atoms with Crippen molar-refractivity contribution < 1.29 is 14.3 Å². The van der Waals surface area contributed by atoms with Crippen molar-refractivity contribution in [1.82, 2.24) is 0 Å². The number of hydrogen-bond donors (Lipinski definition) is 1. The summed E-state index contributed by atoms with van der Waals surface area (Å²) in [6.07, 6.45) is 3.42. The SMILES string of the molecule is Cc1ccc(N(CCC(=O)O)Cc2ccoc2)cc1. The van der Waals surface area contributed by atoms with E-state index in [1.165, 1.54) is 5.56 Å². The van der Waals surface area contributed by atoms with Crippen molar-refractivity contribution in [3.05, 3.63) is 54.0 Å². The standard InChI is InChI=1S/C15H17NO3/c1-12-2-4-14(5-3-12)16(8-6-15(17)18)10-13-7-9-19-11-13/h2-5,7,9,11H,6,8,10H2,1H3,(H,17,18). The number of aryl methyl sites for hydroxylation is 1. The van der Waals surface area contributed by atoms with Gasteiger partial charge in [0.25, 0.3) is 0 Å². The number of carboxylic acids is 1. The van der Waals surface area contributed by atoms with Gasteiger partial charge in [-0.3, -0.25) is 4.79 Å². The fourth-order valence-electron chi connectivity index (χ4n) is 1.89. The van der Waals surface area contributed by atoms with Gasteiger partial charge in [0.1, 0.15) is 0 Å². The van der Waals surface area contributed by atoms with Gasteiger partial charge in [0.2, 0.25) is 0 Å². The zero-order chi connectivity index (χ0) is 13.7. The number of hydrogen-bond acceptors (Lipinski definition) is 3. The number of nitrogens with zero attached hydrogens (tertiary/aromatic N) is 1. The molecule has 0 aliphatic rings. The molecule has 1 heterocycles. The summed E-state index contributed by atoms with van der Waals surface area (Å²) in [6, 6.07) is 9.97. The van der Waals surface area contributed by atoms with Gasteiger partial charge in [-0.25, -0.2) is 0 Å². The zero-order valence-electron chi connectivity index (χ0n) is 10.9. The largest absolute Gasteiger partial charge is 0.481 e. The van der Waals surface area contributed by atoms with Crippen LogP contribution in [0.5, 0.6) is 0 Å². The second kappa shape index (κ2) is 6.09. The van der Waals surface area contributed by atoms with Crippen LogP contribution < -0.4 is 4.90 Å². The maximum absolute atomic E-state index is 10.7. The van der Waals surface area contributed by atoms with Gasteiger partial charge in [-0.15, -0.1) is 0 Å². The predicted molar refractivity (Wildman–Crippen MR) is 73.2 cm³/mol. The molecule has 4 nitrogen and oxygen atoms in total. The number of aliphatic carboxylic acids is 1. The highest BCUT2D eigenvalue weighted by Crippen LogP contribution is 2.18. The first kappa shape index (κ1) is 13.2. The number of anilines is 1. The molecule has 0 spiro atoms. The predicted octanol–water partition coefficient (Wildman–Crippen LogP) is 3.07. The normalized spacial score (nSPS) is 10.4. The minimum absolute atomic E-state index is 0.117.